The van der Waals surface area contributed by atoms with Gasteiger partial charge in [-0.3, -0.25) is 4.72 Å². The van der Waals surface area contributed by atoms with Gasteiger partial charge >= 0.3 is 0 Å². The number of nitrogens with one attached hydrogen (secondary N) is 1. The summed E-state index contributed by atoms with van der Waals surface area (Å²) in [5.41, 5.74) is 0.667. The first kappa shape index (κ1) is 18.8. The molecule has 0 unspecified atom stereocenters. The van der Waals surface area contributed by atoms with Crippen molar-refractivity contribution < 1.29 is 26.3 Å². The zero-order chi connectivity index (χ0) is 18.9. The molecular formula is C16H16ClNO6S2. The molecular weight excluding hydrogens is 402 g/mol. The molecule has 0 atom stereocenters. The van der Waals surface area contributed by atoms with E-state index in [0.29, 0.717) is 30.3 Å². The lowest BCUT2D eigenvalue weighted by Gasteiger charge is -2.20. The lowest BCUT2D eigenvalue weighted by Crippen LogP contribution is -2.17. The predicted octanol–water partition coefficient (Wildman–Crippen LogP) is 2.46. The molecule has 1 heterocycles. The third-order valence-electron chi connectivity index (χ3n) is 3.54. The van der Waals surface area contributed by atoms with Gasteiger partial charge in [0.1, 0.15) is 13.2 Å². The van der Waals surface area contributed by atoms with E-state index in [4.69, 9.17) is 21.1 Å². The first-order chi connectivity index (χ1) is 12.1. The Kier molecular flexibility index (Phi) is 5.05. The maximum Gasteiger partial charge on any atom is 0.261 e. The number of rotatable bonds is 5. The maximum atomic E-state index is 12.6. The fraction of sp³-hybridized carbons (Fsp3) is 0.250. The molecule has 0 fully saturated rings. The summed E-state index contributed by atoms with van der Waals surface area (Å²) in [7, 11) is -7.10. The van der Waals surface area contributed by atoms with Crippen molar-refractivity contribution in [1.29, 1.82) is 0 Å². The van der Waals surface area contributed by atoms with E-state index in [2.05, 4.69) is 4.72 Å². The molecule has 0 bridgehead atoms. The SMILES string of the molecule is CS(=O)(=O)Cc1ccc(S(=O)(=O)Nc2cc3c(cc2Cl)OCCO3)cc1. The maximum absolute atomic E-state index is 12.6. The Hall–Kier alpha value is -1.97. The molecule has 0 spiro atoms. The molecule has 3 rings (SSSR count). The van der Waals surface area contributed by atoms with Crippen LogP contribution in [0, 0.1) is 0 Å². The predicted molar refractivity (Wildman–Crippen MR) is 98.2 cm³/mol. The topological polar surface area (TPSA) is 98.8 Å². The molecule has 0 aromatic heterocycles. The Morgan fingerprint density at radius 2 is 1.58 bits per heavy atom. The second kappa shape index (κ2) is 6.98. The number of ether oxygens (including phenoxy) is 2. The molecule has 1 N–H and O–H groups in total. The summed E-state index contributed by atoms with van der Waals surface area (Å²) in [6.07, 6.45) is 1.11. The van der Waals surface area contributed by atoms with E-state index in [1.165, 1.54) is 36.4 Å². The van der Waals surface area contributed by atoms with Crippen LogP contribution < -0.4 is 14.2 Å². The number of benzene rings is 2. The molecule has 1 aliphatic rings. The van der Waals surface area contributed by atoms with Crippen LogP contribution in [0.2, 0.25) is 5.02 Å². The largest absolute Gasteiger partial charge is 0.486 e. The van der Waals surface area contributed by atoms with Crippen molar-refractivity contribution in [2.24, 2.45) is 0 Å². The van der Waals surface area contributed by atoms with Gasteiger partial charge in [-0.25, -0.2) is 16.8 Å². The monoisotopic (exact) mass is 417 g/mol. The minimum Gasteiger partial charge on any atom is -0.486 e. The van der Waals surface area contributed by atoms with Gasteiger partial charge in [-0.2, -0.15) is 0 Å². The number of sulfonamides is 1. The fourth-order valence-corrected chi connectivity index (χ4v) is 4.54. The van der Waals surface area contributed by atoms with E-state index >= 15 is 0 Å². The number of hydrogen-bond donors (Lipinski definition) is 1. The molecule has 1 aliphatic heterocycles. The smallest absolute Gasteiger partial charge is 0.261 e. The lowest BCUT2D eigenvalue weighted by atomic mass is 10.2. The van der Waals surface area contributed by atoms with Crippen LogP contribution in [-0.2, 0) is 25.6 Å². The Morgan fingerprint density at radius 3 is 2.15 bits per heavy atom. The van der Waals surface area contributed by atoms with Crippen LogP contribution in [0.4, 0.5) is 5.69 Å². The zero-order valence-electron chi connectivity index (χ0n) is 13.7. The minimum absolute atomic E-state index is 0.0132. The fourth-order valence-electron chi connectivity index (χ4n) is 2.41. The van der Waals surface area contributed by atoms with Crippen molar-refractivity contribution >= 4 is 37.1 Å². The summed E-state index contributed by atoms with van der Waals surface area (Å²) < 4.78 is 61.0. The molecule has 0 saturated carbocycles. The van der Waals surface area contributed by atoms with Gasteiger partial charge in [0.25, 0.3) is 10.0 Å². The first-order valence-corrected chi connectivity index (χ1v) is 11.4. The van der Waals surface area contributed by atoms with Crippen LogP contribution in [-0.4, -0.2) is 36.3 Å². The van der Waals surface area contributed by atoms with Gasteiger partial charge < -0.3 is 9.47 Å². The quantitative estimate of drug-likeness (QED) is 0.802. The molecule has 0 saturated heterocycles. The van der Waals surface area contributed by atoms with Gasteiger partial charge in [0.15, 0.2) is 21.3 Å². The van der Waals surface area contributed by atoms with E-state index < -0.39 is 19.9 Å². The van der Waals surface area contributed by atoms with Crippen LogP contribution in [0.3, 0.4) is 0 Å². The molecule has 7 nitrogen and oxygen atoms in total. The molecule has 0 radical (unpaired) electrons. The molecule has 0 amide bonds. The highest BCUT2D eigenvalue weighted by Crippen LogP contribution is 2.38. The first-order valence-electron chi connectivity index (χ1n) is 7.53. The zero-order valence-corrected chi connectivity index (χ0v) is 16.1. The molecule has 10 heteroatoms. The molecule has 2 aromatic rings. The molecule has 26 heavy (non-hydrogen) atoms. The van der Waals surface area contributed by atoms with E-state index in [9.17, 15) is 16.8 Å². The summed E-state index contributed by atoms with van der Waals surface area (Å²) in [5, 5.41) is 0.173. The summed E-state index contributed by atoms with van der Waals surface area (Å²) in [4.78, 5) is -0.0132. The van der Waals surface area contributed by atoms with E-state index in [1.807, 2.05) is 0 Å². The van der Waals surface area contributed by atoms with Gasteiger partial charge in [0, 0.05) is 18.4 Å². The van der Waals surface area contributed by atoms with Crippen LogP contribution in [0.5, 0.6) is 11.5 Å². The van der Waals surface area contributed by atoms with Crippen LogP contribution in [0.15, 0.2) is 41.3 Å². The number of anilines is 1. The van der Waals surface area contributed by atoms with E-state index in [0.717, 1.165) is 6.26 Å². The molecule has 0 aliphatic carbocycles. The number of halogens is 1. The van der Waals surface area contributed by atoms with Gasteiger partial charge in [0.05, 0.1) is 21.4 Å². The van der Waals surface area contributed by atoms with Gasteiger partial charge in [0.2, 0.25) is 0 Å². The Bertz CT molecular complexity index is 1030. The second-order valence-electron chi connectivity index (χ2n) is 5.80. The highest BCUT2D eigenvalue weighted by atomic mass is 35.5. The van der Waals surface area contributed by atoms with Crippen molar-refractivity contribution in [3.8, 4) is 11.5 Å². The highest BCUT2D eigenvalue weighted by Gasteiger charge is 2.20. The average molecular weight is 418 g/mol. The number of hydrogen-bond acceptors (Lipinski definition) is 6. The summed E-state index contributed by atoms with van der Waals surface area (Å²) in [6, 6.07) is 8.56. The number of fused-ring (bicyclic) bond motifs is 1. The van der Waals surface area contributed by atoms with E-state index in [1.54, 1.807) is 0 Å². The van der Waals surface area contributed by atoms with Crippen molar-refractivity contribution in [2.75, 3.05) is 24.2 Å². The van der Waals surface area contributed by atoms with Crippen molar-refractivity contribution in [1.82, 2.24) is 0 Å². The average Bonchev–Trinajstić information content (AvgIpc) is 2.54. The minimum atomic E-state index is -3.90. The standard InChI is InChI=1S/C16H16ClNO6S2/c1-25(19,20)10-11-2-4-12(5-3-11)26(21,22)18-14-9-16-15(8-13(14)17)23-6-7-24-16/h2-5,8-9,18H,6-7,10H2,1H3. The third kappa shape index (κ3) is 4.40. The molecule has 140 valence electrons. The van der Waals surface area contributed by atoms with Gasteiger partial charge in [-0.15, -0.1) is 0 Å². The molecule has 2 aromatic carbocycles. The van der Waals surface area contributed by atoms with Gasteiger partial charge in [-0.05, 0) is 17.7 Å². The van der Waals surface area contributed by atoms with Crippen LogP contribution >= 0.6 is 11.6 Å². The Morgan fingerprint density at radius 1 is 1.00 bits per heavy atom. The lowest BCUT2D eigenvalue weighted by molar-refractivity contribution is 0.171. The second-order valence-corrected chi connectivity index (χ2v) is 10.0. The Labute approximate surface area is 156 Å². The normalized spacial score (nSPS) is 14.1. The third-order valence-corrected chi connectivity index (χ3v) is 6.09. The van der Waals surface area contributed by atoms with Gasteiger partial charge in [-0.1, -0.05) is 23.7 Å². The number of sulfone groups is 1. The van der Waals surface area contributed by atoms with Crippen LogP contribution in [0.25, 0.3) is 0 Å². The Balaban J connectivity index is 1.85. The van der Waals surface area contributed by atoms with Crippen molar-refractivity contribution in [2.45, 2.75) is 10.6 Å². The van der Waals surface area contributed by atoms with E-state index in [-0.39, 0.29) is 21.4 Å². The van der Waals surface area contributed by atoms with Crippen molar-refractivity contribution in [3.05, 3.63) is 47.0 Å². The van der Waals surface area contributed by atoms with Crippen molar-refractivity contribution in [3.63, 3.8) is 0 Å². The summed E-state index contributed by atoms with van der Waals surface area (Å²) >= 11 is 6.12. The summed E-state index contributed by atoms with van der Waals surface area (Å²) in [6.45, 7) is 0.761. The highest BCUT2D eigenvalue weighted by molar-refractivity contribution is 7.92. The summed E-state index contributed by atoms with van der Waals surface area (Å²) in [5.74, 6) is 0.700. The van der Waals surface area contributed by atoms with Crippen LogP contribution in [0.1, 0.15) is 5.56 Å².